The van der Waals surface area contributed by atoms with E-state index in [1.807, 2.05) is 26.0 Å². The summed E-state index contributed by atoms with van der Waals surface area (Å²) >= 11 is 3.50. The molecule has 0 bridgehead atoms. The van der Waals surface area contributed by atoms with E-state index in [2.05, 4.69) is 15.9 Å². The van der Waals surface area contributed by atoms with Crippen molar-refractivity contribution in [3.63, 3.8) is 0 Å². The number of hydrogen-bond donors (Lipinski definition) is 0. The molecule has 1 aromatic carbocycles. The smallest absolute Gasteiger partial charge is 0.261 e. The minimum Gasteiger partial charge on any atom is -0.492 e. The number of halogens is 3. The van der Waals surface area contributed by atoms with E-state index in [1.54, 1.807) is 4.90 Å². The molecule has 0 aliphatic carbocycles. The summed E-state index contributed by atoms with van der Waals surface area (Å²) < 4.78 is 32.7. The van der Waals surface area contributed by atoms with E-state index in [4.69, 9.17) is 4.74 Å². The molecule has 1 aromatic rings. The van der Waals surface area contributed by atoms with Gasteiger partial charge in [0.15, 0.2) is 0 Å². The second-order valence-corrected chi connectivity index (χ2v) is 5.89. The van der Waals surface area contributed by atoms with Gasteiger partial charge in [0.25, 0.3) is 5.92 Å². The average Bonchev–Trinajstić information content (AvgIpc) is 2.66. The SMILES string of the molecule is Cc1cc(OCCN2CCC(F)(F)C2)cc(C)c1Br. The second kappa shape index (κ2) is 5.75. The predicted octanol–water partition coefficient (Wildman–Crippen LogP) is 3.79. The highest BCUT2D eigenvalue weighted by atomic mass is 79.9. The largest absolute Gasteiger partial charge is 0.492 e. The van der Waals surface area contributed by atoms with Gasteiger partial charge in [-0.2, -0.15) is 0 Å². The molecule has 1 aliphatic heterocycles. The zero-order chi connectivity index (χ0) is 14.0. The van der Waals surface area contributed by atoms with E-state index in [-0.39, 0.29) is 13.0 Å². The quantitative estimate of drug-likeness (QED) is 0.831. The lowest BCUT2D eigenvalue weighted by Crippen LogP contribution is -2.29. The van der Waals surface area contributed by atoms with Gasteiger partial charge in [-0.3, -0.25) is 4.90 Å². The molecule has 2 nitrogen and oxygen atoms in total. The summed E-state index contributed by atoms with van der Waals surface area (Å²) in [6.07, 6.45) is -0.0382. The molecule has 0 unspecified atom stereocenters. The van der Waals surface area contributed by atoms with E-state index in [1.165, 1.54) is 0 Å². The third-order valence-corrected chi connectivity index (χ3v) is 4.59. The van der Waals surface area contributed by atoms with E-state index in [0.29, 0.717) is 19.7 Å². The lowest BCUT2D eigenvalue weighted by atomic mass is 10.1. The van der Waals surface area contributed by atoms with Crippen LogP contribution in [0.2, 0.25) is 0 Å². The Hall–Kier alpha value is -0.680. The van der Waals surface area contributed by atoms with Gasteiger partial charge in [-0.15, -0.1) is 0 Å². The van der Waals surface area contributed by atoms with Crippen LogP contribution >= 0.6 is 15.9 Å². The Balaban J connectivity index is 1.83. The summed E-state index contributed by atoms with van der Waals surface area (Å²) in [5.74, 6) is -1.73. The molecule has 2 rings (SSSR count). The summed E-state index contributed by atoms with van der Waals surface area (Å²) in [7, 11) is 0. The van der Waals surface area contributed by atoms with Crippen molar-refractivity contribution in [2.24, 2.45) is 0 Å². The van der Waals surface area contributed by atoms with Crippen LogP contribution in [0.3, 0.4) is 0 Å². The number of alkyl halides is 2. The first-order valence-corrected chi connectivity index (χ1v) is 7.16. The molecule has 0 amide bonds. The third kappa shape index (κ3) is 3.89. The Morgan fingerprint density at radius 2 is 1.95 bits per heavy atom. The van der Waals surface area contributed by atoms with Crippen molar-refractivity contribution < 1.29 is 13.5 Å². The van der Waals surface area contributed by atoms with E-state index in [0.717, 1.165) is 21.3 Å². The summed E-state index contributed by atoms with van der Waals surface area (Å²) in [4.78, 5) is 1.75. The first-order chi connectivity index (χ1) is 8.87. The number of nitrogens with zero attached hydrogens (tertiary/aromatic N) is 1. The molecule has 0 N–H and O–H groups in total. The first kappa shape index (κ1) is 14.7. The van der Waals surface area contributed by atoms with Crippen molar-refractivity contribution in [1.82, 2.24) is 4.90 Å². The topological polar surface area (TPSA) is 12.5 Å². The maximum Gasteiger partial charge on any atom is 0.261 e. The number of likely N-dealkylation sites (tertiary alicyclic amines) is 1. The Bertz CT molecular complexity index is 442. The second-order valence-electron chi connectivity index (χ2n) is 5.10. The van der Waals surface area contributed by atoms with Crippen molar-refractivity contribution in [2.75, 3.05) is 26.2 Å². The number of benzene rings is 1. The monoisotopic (exact) mass is 333 g/mol. The molecule has 0 spiro atoms. The van der Waals surface area contributed by atoms with Crippen LogP contribution in [0.25, 0.3) is 0 Å². The van der Waals surface area contributed by atoms with Gasteiger partial charge in [-0.1, -0.05) is 15.9 Å². The van der Waals surface area contributed by atoms with Crippen molar-refractivity contribution in [2.45, 2.75) is 26.2 Å². The molecule has 1 aliphatic rings. The van der Waals surface area contributed by atoms with Crippen molar-refractivity contribution in [3.8, 4) is 5.75 Å². The van der Waals surface area contributed by atoms with E-state index >= 15 is 0 Å². The van der Waals surface area contributed by atoms with Crippen LogP contribution in [0.1, 0.15) is 17.5 Å². The summed E-state index contributed by atoms with van der Waals surface area (Å²) in [6, 6.07) is 3.91. The number of rotatable bonds is 4. The summed E-state index contributed by atoms with van der Waals surface area (Å²) in [5, 5.41) is 0. The molecular formula is C14H18BrF2NO. The maximum atomic E-state index is 13.0. The Morgan fingerprint density at radius 3 is 2.47 bits per heavy atom. The number of aryl methyl sites for hydroxylation is 2. The molecule has 1 heterocycles. The van der Waals surface area contributed by atoms with Crippen molar-refractivity contribution in [1.29, 1.82) is 0 Å². The Kier molecular flexibility index (Phi) is 4.46. The zero-order valence-electron chi connectivity index (χ0n) is 11.2. The molecule has 5 heteroatoms. The maximum absolute atomic E-state index is 13.0. The number of hydrogen-bond acceptors (Lipinski definition) is 2. The van der Waals surface area contributed by atoms with E-state index < -0.39 is 5.92 Å². The molecule has 19 heavy (non-hydrogen) atoms. The Labute approximate surface area is 120 Å². The van der Waals surface area contributed by atoms with E-state index in [9.17, 15) is 8.78 Å². The molecule has 1 saturated heterocycles. The lowest BCUT2D eigenvalue weighted by Gasteiger charge is -2.16. The van der Waals surface area contributed by atoms with Crippen LogP contribution in [0, 0.1) is 13.8 Å². The summed E-state index contributed by atoms with van der Waals surface area (Å²) in [5.41, 5.74) is 2.23. The van der Waals surface area contributed by atoms with Crippen LogP contribution < -0.4 is 4.74 Å². The highest BCUT2D eigenvalue weighted by Crippen LogP contribution is 2.27. The van der Waals surface area contributed by atoms with Gasteiger partial charge in [0, 0.05) is 24.0 Å². The molecule has 0 saturated carbocycles. The van der Waals surface area contributed by atoms with Gasteiger partial charge in [0.2, 0.25) is 0 Å². The van der Waals surface area contributed by atoms with Gasteiger partial charge >= 0.3 is 0 Å². The predicted molar refractivity (Wildman–Crippen MR) is 75.1 cm³/mol. The fourth-order valence-corrected chi connectivity index (χ4v) is 2.51. The summed E-state index contributed by atoms with van der Waals surface area (Å²) in [6.45, 7) is 5.31. The van der Waals surface area contributed by atoms with Crippen LogP contribution in [-0.4, -0.2) is 37.1 Å². The minimum absolute atomic E-state index is 0.0382. The van der Waals surface area contributed by atoms with Crippen molar-refractivity contribution in [3.05, 3.63) is 27.7 Å². The minimum atomic E-state index is -2.52. The standard InChI is InChI=1S/C14H18BrF2NO/c1-10-7-12(8-11(2)13(10)15)19-6-5-18-4-3-14(16,17)9-18/h7-8H,3-6,9H2,1-2H3. The number of ether oxygens (including phenoxy) is 1. The fraction of sp³-hybridized carbons (Fsp3) is 0.571. The highest BCUT2D eigenvalue weighted by molar-refractivity contribution is 9.10. The third-order valence-electron chi connectivity index (χ3n) is 3.33. The molecule has 0 aromatic heterocycles. The van der Waals surface area contributed by atoms with Crippen LogP contribution in [-0.2, 0) is 0 Å². The molecular weight excluding hydrogens is 316 g/mol. The first-order valence-electron chi connectivity index (χ1n) is 6.37. The van der Waals surface area contributed by atoms with Gasteiger partial charge < -0.3 is 4.74 Å². The normalized spacial score (nSPS) is 18.8. The molecule has 106 valence electrons. The zero-order valence-corrected chi connectivity index (χ0v) is 12.8. The molecule has 0 radical (unpaired) electrons. The van der Waals surface area contributed by atoms with Gasteiger partial charge in [-0.05, 0) is 37.1 Å². The fourth-order valence-electron chi connectivity index (χ4n) is 2.28. The highest BCUT2D eigenvalue weighted by Gasteiger charge is 2.37. The van der Waals surface area contributed by atoms with Gasteiger partial charge in [0.05, 0.1) is 6.54 Å². The van der Waals surface area contributed by atoms with Gasteiger partial charge in [-0.25, -0.2) is 8.78 Å². The average molecular weight is 334 g/mol. The van der Waals surface area contributed by atoms with Crippen LogP contribution in [0.4, 0.5) is 8.78 Å². The molecule has 1 fully saturated rings. The van der Waals surface area contributed by atoms with Crippen LogP contribution in [0.5, 0.6) is 5.75 Å². The molecule has 0 atom stereocenters. The van der Waals surface area contributed by atoms with Gasteiger partial charge in [0.1, 0.15) is 12.4 Å². The lowest BCUT2D eigenvalue weighted by molar-refractivity contribution is 0.0113. The van der Waals surface area contributed by atoms with Crippen molar-refractivity contribution >= 4 is 15.9 Å². The Morgan fingerprint density at radius 1 is 1.32 bits per heavy atom. The van der Waals surface area contributed by atoms with Crippen LogP contribution in [0.15, 0.2) is 16.6 Å².